The van der Waals surface area contributed by atoms with Crippen molar-refractivity contribution in [1.82, 2.24) is 9.97 Å². The lowest BCUT2D eigenvalue weighted by molar-refractivity contribution is 0.0594. The maximum Gasteiger partial charge on any atom is 0.356 e. The summed E-state index contributed by atoms with van der Waals surface area (Å²) in [6, 6.07) is 0. The van der Waals surface area contributed by atoms with Crippen LogP contribution in [0.3, 0.4) is 0 Å². The van der Waals surface area contributed by atoms with Crippen LogP contribution in [-0.4, -0.2) is 23.0 Å². The van der Waals surface area contributed by atoms with E-state index < -0.39 is 0 Å². The number of esters is 1. The van der Waals surface area contributed by atoms with Gasteiger partial charge in [0.25, 0.3) is 0 Å². The quantitative estimate of drug-likeness (QED) is 0.776. The van der Waals surface area contributed by atoms with Crippen LogP contribution < -0.4 is 0 Å². The summed E-state index contributed by atoms with van der Waals surface area (Å²) in [5.74, 6) is 2.86. The minimum atomic E-state index is -0.332. The average Bonchev–Trinajstić information content (AvgIpc) is 3.02. The van der Waals surface area contributed by atoms with Crippen molar-refractivity contribution in [3.63, 3.8) is 0 Å². The molecule has 0 saturated heterocycles. The second-order valence-corrected chi connectivity index (χ2v) is 4.96. The minimum Gasteiger partial charge on any atom is -0.464 e. The summed E-state index contributed by atoms with van der Waals surface area (Å²) in [5, 5.41) is 0. The molecule has 2 saturated carbocycles. The first-order valence-corrected chi connectivity index (χ1v) is 5.91. The van der Waals surface area contributed by atoms with E-state index in [1.807, 2.05) is 0 Å². The Bertz CT molecular complexity index is 413. The smallest absolute Gasteiger partial charge is 0.356 e. The molecule has 3 atom stereocenters. The second-order valence-electron chi connectivity index (χ2n) is 4.96. The topological polar surface area (TPSA) is 55.0 Å². The fourth-order valence-corrected chi connectivity index (χ4v) is 3.32. The van der Waals surface area contributed by atoms with Crippen molar-refractivity contribution in [2.24, 2.45) is 11.8 Å². The first-order chi connectivity index (χ1) is 7.78. The third kappa shape index (κ3) is 1.44. The number of ether oxygens (including phenoxy) is 1. The first-order valence-electron chi connectivity index (χ1n) is 5.91. The molecule has 2 bridgehead atoms. The van der Waals surface area contributed by atoms with E-state index in [2.05, 4.69) is 14.7 Å². The summed E-state index contributed by atoms with van der Waals surface area (Å²) in [5.41, 5.74) is 0.472. The monoisotopic (exact) mass is 220 g/mol. The molecule has 1 heterocycles. The molecule has 4 heteroatoms. The summed E-state index contributed by atoms with van der Waals surface area (Å²) in [6.45, 7) is 0. The largest absolute Gasteiger partial charge is 0.464 e. The summed E-state index contributed by atoms with van der Waals surface area (Å²) in [6.07, 6.45) is 6.88. The van der Waals surface area contributed by atoms with Crippen LogP contribution in [-0.2, 0) is 4.74 Å². The second kappa shape index (κ2) is 3.61. The van der Waals surface area contributed by atoms with Gasteiger partial charge in [-0.25, -0.2) is 9.78 Å². The van der Waals surface area contributed by atoms with Crippen molar-refractivity contribution in [2.75, 3.05) is 7.11 Å². The van der Waals surface area contributed by atoms with Crippen LogP contribution in [0.2, 0.25) is 0 Å². The number of imidazole rings is 1. The molecule has 3 unspecified atom stereocenters. The van der Waals surface area contributed by atoms with E-state index in [0.717, 1.165) is 17.7 Å². The number of aromatic amines is 1. The molecule has 2 aliphatic rings. The number of carbonyl (C=O) groups excluding carboxylic acids is 1. The van der Waals surface area contributed by atoms with Gasteiger partial charge >= 0.3 is 5.97 Å². The highest BCUT2D eigenvalue weighted by Crippen LogP contribution is 2.52. The van der Waals surface area contributed by atoms with Crippen LogP contribution >= 0.6 is 0 Å². The van der Waals surface area contributed by atoms with E-state index in [1.165, 1.54) is 32.8 Å². The van der Waals surface area contributed by atoms with Gasteiger partial charge in [-0.3, -0.25) is 0 Å². The number of hydrogen-bond donors (Lipinski definition) is 1. The van der Waals surface area contributed by atoms with E-state index in [9.17, 15) is 4.79 Å². The molecular formula is C12H16N2O2. The van der Waals surface area contributed by atoms with Crippen molar-refractivity contribution in [1.29, 1.82) is 0 Å². The van der Waals surface area contributed by atoms with E-state index in [4.69, 9.17) is 0 Å². The molecule has 2 fully saturated rings. The maximum atomic E-state index is 11.3. The Morgan fingerprint density at radius 3 is 3.00 bits per heavy atom. The zero-order valence-corrected chi connectivity index (χ0v) is 9.40. The lowest BCUT2D eigenvalue weighted by Crippen LogP contribution is -2.10. The normalized spacial score (nSPS) is 31.9. The van der Waals surface area contributed by atoms with Gasteiger partial charge in [-0.2, -0.15) is 0 Å². The van der Waals surface area contributed by atoms with Gasteiger partial charge in [0.05, 0.1) is 13.3 Å². The molecule has 1 aromatic heterocycles. The van der Waals surface area contributed by atoms with Crippen LogP contribution in [0.1, 0.15) is 47.9 Å². The Morgan fingerprint density at radius 1 is 1.50 bits per heavy atom. The van der Waals surface area contributed by atoms with E-state index >= 15 is 0 Å². The Kier molecular flexibility index (Phi) is 2.23. The van der Waals surface area contributed by atoms with Crippen LogP contribution in [0.5, 0.6) is 0 Å². The molecule has 0 radical (unpaired) electrons. The highest BCUT2D eigenvalue weighted by Gasteiger charge is 2.41. The van der Waals surface area contributed by atoms with Gasteiger partial charge in [0, 0.05) is 5.92 Å². The average molecular weight is 220 g/mol. The summed E-state index contributed by atoms with van der Waals surface area (Å²) >= 11 is 0. The lowest BCUT2D eigenvalue weighted by atomic mass is 9.88. The van der Waals surface area contributed by atoms with Gasteiger partial charge in [0.15, 0.2) is 0 Å². The number of nitrogens with one attached hydrogen (secondary N) is 1. The van der Waals surface area contributed by atoms with Gasteiger partial charge < -0.3 is 9.72 Å². The molecular weight excluding hydrogens is 204 g/mol. The van der Waals surface area contributed by atoms with Crippen molar-refractivity contribution in [3.05, 3.63) is 17.7 Å². The van der Waals surface area contributed by atoms with Crippen LogP contribution in [0, 0.1) is 11.8 Å². The fraction of sp³-hybridized carbons (Fsp3) is 0.667. The molecule has 16 heavy (non-hydrogen) atoms. The zero-order valence-electron chi connectivity index (χ0n) is 9.40. The molecule has 1 aromatic rings. The highest BCUT2D eigenvalue weighted by molar-refractivity contribution is 5.86. The van der Waals surface area contributed by atoms with E-state index in [1.54, 1.807) is 6.20 Å². The molecule has 3 rings (SSSR count). The number of H-pyrrole nitrogens is 1. The van der Waals surface area contributed by atoms with Gasteiger partial charge in [0.1, 0.15) is 11.5 Å². The predicted molar refractivity (Wildman–Crippen MR) is 58.1 cm³/mol. The minimum absolute atomic E-state index is 0.332. The standard InChI is InChI=1S/C12H16N2O2/c1-16-12(15)10-6-13-11(14-10)9-5-7-2-3-8(9)4-7/h6-9H,2-5H2,1H3,(H,13,14). The number of carbonyl (C=O) groups is 1. The first kappa shape index (κ1) is 9.87. The van der Waals surface area contributed by atoms with E-state index in [-0.39, 0.29) is 5.97 Å². The third-order valence-corrected chi connectivity index (χ3v) is 4.09. The number of hydrogen-bond acceptors (Lipinski definition) is 3. The van der Waals surface area contributed by atoms with Crippen molar-refractivity contribution in [3.8, 4) is 0 Å². The van der Waals surface area contributed by atoms with Crippen LogP contribution in [0.4, 0.5) is 0 Å². The Morgan fingerprint density at radius 2 is 2.38 bits per heavy atom. The molecule has 1 N–H and O–H groups in total. The van der Waals surface area contributed by atoms with Crippen molar-refractivity contribution < 1.29 is 9.53 Å². The lowest BCUT2D eigenvalue weighted by Gasteiger charge is -2.19. The fourth-order valence-electron chi connectivity index (χ4n) is 3.32. The highest BCUT2D eigenvalue weighted by atomic mass is 16.5. The molecule has 0 spiro atoms. The number of rotatable bonds is 2. The molecule has 0 aromatic carbocycles. The number of nitrogens with zero attached hydrogens (tertiary/aromatic N) is 1. The molecule has 86 valence electrons. The molecule has 2 aliphatic carbocycles. The Balaban J connectivity index is 1.80. The summed E-state index contributed by atoms with van der Waals surface area (Å²) < 4.78 is 4.66. The van der Waals surface area contributed by atoms with E-state index in [0.29, 0.717) is 11.6 Å². The number of fused-ring (bicyclic) bond motifs is 2. The van der Waals surface area contributed by atoms with Crippen molar-refractivity contribution in [2.45, 2.75) is 31.6 Å². The van der Waals surface area contributed by atoms with Gasteiger partial charge in [-0.1, -0.05) is 6.42 Å². The molecule has 0 amide bonds. The van der Waals surface area contributed by atoms with Gasteiger partial charge in [-0.15, -0.1) is 0 Å². The molecule has 0 aliphatic heterocycles. The van der Waals surface area contributed by atoms with Crippen molar-refractivity contribution >= 4 is 5.97 Å². The zero-order chi connectivity index (χ0) is 11.1. The van der Waals surface area contributed by atoms with Gasteiger partial charge in [-0.05, 0) is 31.1 Å². The number of methoxy groups -OCH3 is 1. The number of aromatic nitrogens is 2. The summed E-state index contributed by atoms with van der Waals surface area (Å²) in [7, 11) is 1.39. The Labute approximate surface area is 94.4 Å². The molecule has 4 nitrogen and oxygen atoms in total. The summed E-state index contributed by atoms with van der Waals surface area (Å²) in [4.78, 5) is 18.7. The predicted octanol–water partition coefficient (Wildman–Crippen LogP) is 2.10. The maximum absolute atomic E-state index is 11.3. The SMILES string of the molecule is COC(=O)c1cnc(C2CC3CCC2C3)[nH]1. The van der Waals surface area contributed by atoms with Crippen LogP contribution in [0.15, 0.2) is 6.20 Å². The van der Waals surface area contributed by atoms with Crippen LogP contribution in [0.25, 0.3) is 0 Å². The van der Waals surface area contributed by atoms with Gasteiger partial charge in [0.2, 0.25) is 0 Å². The third-order valence-electron chi connectivity index (χ3n) is 4.09. The Hall–Kier alpha value is -1.32.